The molecule has 2 aromatic carbocycles. The molecule has 0 amide bonds. The van der Waals surface area contributed by atoms with Gasteiger partial charge in [0.05, 0.1) is 0 Å². The second-order valence-corrected chi connectivity index (χ2v) is 10.6. The van der Waals surface area contributed by atoms with Gasteiger partial charge in [-0.05, 0) is 49.9 Å². The summed E-state index contributed by atoms with van der Waals surface area (Å²) in [5.41, 5.74) is 2.28. The lowest BCUT2D eigenvalue weighted by molar-refractivity contribution is 0.830. The molecule has 8 heteroatoms. The highest BCUT2D eigenvalue weighted by Gasteiger charge is 2.31. The van der Waals surface area contributed by atoms with Crippen LogP contribution in [0.2, 0.25) is 0 Å². The van der Waals surface area contributed by atoms with Crippen LogP contribution >= 0.6 is 23.5 Å². The van der Waals surface area contributed by atoms with Crippen LogP contribution in [0.15, 0.2) is 83.1 Å². The number of thioether (sulfide) groups is 2. The molecule has 6 nitrogen and oxygen atoms in total. The summed E-state index contributed by atoms with van der Waals surface area (Å²) < 4.78 is 4.46. The molecule has 2 aromatic heterocycles. The highest BCUT2D eigenvalue weighted by molar-refractivity contribution is 7.99. The van der Waals surface area contributed by atoms with Crippen molar-refractivity contribution < 1.29 is 0 Å². The zero-order valence-electron chi connectivity index (χ0n) is 18.8. The fourth-order valence-electron chi connectivity index (χ4n) is 3.98. The van der Waals surface area contributed by atoms with Crippen LogP contribution in [0.4, 0.5) is 0 Å². The average molecular weight is 487 g/mol. The lowest BCUT2D eigenvalue weighted by Crippen LogP contribution is -2.01. The van der Waals surface area contributed by atoms with Gasteiger partial charge in [0.15, 0.2) is 10.3 Å². The van der Waals surface area contributed by atoms with Gasteiger partial charge in [-0.3, -0.25) is 9.13 Å². The molecular formula is C26H26N6S2. The average Bonchev–Trinajstić information content (AvgIpc) is 3.82. The fourth-order valence-corrected chi connectivity index (χ4v) is 5.60. The van der Waals surface area contributed by atoms with Crippen LogP contribution in [-0.4, -0.2) is 41.0 Å². The van der Waals surface area contributed by atoms with E-state index in [0.717, 1.165) is 44.8 Å². The smallest absolute Gasteiger partial charge is 0.196 e. The monoisotopic (exact) mass is 486 g/mol. The molecular weight excluding hydrogens is 460 g/mol. The van der Waals surface area contributed by atoms with Crippen LogP contribution in [0.1, 0.15) is 49.2 Å². The van der Waals surface area contributed by atoms with Crippen molar-refractivity contribution in [2.24, 2.45) is 0 Å². The van der Waals surface area contributed by atoms with Crippen molar-refractivity contribution in [2.45, 2.75) is 47.8 Å². The standard InChI is InChI=1S/C26H26N6S2/c1-3-9-21(10-4-1)31-23(19-13-14-19)27-29-25(31)33-17-7-8-18-34-26-30-28-24(20-15-16-20)32(26)22-11-5-2-6-12-22/h1-12,19-20H,13-18H2/b8-7+. The van der Waals surface area contributed by atoms with Crippen LogP contribution in [0.25, 0.3) is 11.4 Å². The predicted octanol–water partition coefficient (Wildman–Crippen LogP) is 6.04. The van der Waals surface area contributed by atoms with E-state index in [1.807, 2.05) is 12.1 Å². The SMILES string of the molecule is C(=C\CSc1nnc(C2CC2)n1-c1ccccc1)/CSc1nnc(C2CC2)n1-c1ccccc1. The van der Waals surface area contributed by atoms with Gasteiger partial charge in [0.2, 0.25) is 0 Å². The highest BCUT2D eigenvalue weighted by Crippen LogP contribution is 2.42. The molecule has 0 radical (unpaired) electrons. The summed E-state index contributed by atoms with van der Waals surface area (Å²) in [7, 11) is 0. The maximum atomic E-state index is 4.52. The summed E-state index contributed by atoms with van der Waals surface area (Å²) in [5, 5.41) is 20.0. The van der Waals surface area contributed by atoms with E-state index >= 15 is 0 Å². The van der Waals surface area contributed by atoms with Gasteiger partial charge < -0.3 is 0 Å². The molecule has 2 aliphatic carbocycles. The van der Waals surface area contributed by atoms with Gasteiger partial charge in [-0.25, -0.2) is 0 Å². The van der Waals surface area contributed by atoms with Gasteiger partial charge >= 0.3 is 0 Å². The molecule has 0 bridgehead atoms. The second kappa shape index (κ2) is 9.80. The van der Waals surface area contributed by atoms with Gasteiger partial charge in [-0.2, -0.15) is 0 Å². The number of hydrogen-bond acceptors (Lipinski definition) is 6. The zero-order chi connectivity index (χ0) is 22.7. The van der Waals surface area contributed by atoms with E-state index in [2.05, 4.69) is 90.2 Å². The first-order valence-corrected chi connectivity index (χ1v) is 13.8. The molecule has 0 atom stereocenters. The van der Waals surface area contributed by atoms with Crippen molar-refractivity contribution >= 4 is 23.5 Å². The Labute approximate surface area is 207 Å². The Kier molecular flexibility index (Phi) is 6.25. The first-order chi connectivity index (χ1) is 16.9. The molecule has 0 aliphatic heterocycles. The molecule has 0 spiro atoms. The first kappa shape index (κ1) is 21.7. The molecule has 2 aliphatic rings. The van der Waals surface area contributed by atoms with E-state index in [1.54, 1.807) is 23.5 Å². The maximum Gasteiger partial charge on any atom is 0.196 e. The van der Waals surface area contributed by atoms with Gasteiger partial charge in [-0.15, -0.1) is 20.4 Å². The Morgan fingerprint density at radius 2 is 1.03 bits per heavy atom. The molecule has 34 heavy (non-hydrogen) atoms. The zero-order valence-corrected chi connectivity index (χ0v) is 20.5. The molecule has 2 fully saturated rings. The Bertz CT molecular complexity index is 1170. The Hall–Kier alpha value is -2.84. The van der Waals surface area contributed by atoms with Gasteiger partial charge in [-0.1, -0.05) is 72.1 Å². The Morgan fingerprint density at radius 1 is 0.618 bits per heavy atom. The lowest BCUT2D eigenvalue weighted by Gasteiger charge is -2.09. The molecule has 0 N–H and O–H groups in total. The number of rotatable bonds is 10. The summed E-state index contributed by atoms with van der Waals surface area (Å²) in [6.07, 6.45) is 9.27. The van der Waals surface area contributed by atoms with Gasteiger partial charge in [0.1, 0.15) is 11.6 Å². The molecule has 6 rings (SSSR count). The van der Waals surface area contributed by atoms with E-state index in [4.69, 9.17) is 0 Å². The Balaban J connectivity index is 1.10. The fraction of sp³-hybridized carbons (Fsp3) is 0.308. The van der Waals surface area contributed by atoms with Gasteiger partial charge in [0.25, 0.3) is 0 Å². The minimum atomic E-state index is 0.552. The molecule has 172 valence electrons. The third-order valence-electron chi connectivity index (χ3n) is 6.01. The van der Waals surface area contributed by atoms with Crippen molar-refractivity contribution in [1.29, 1.82) is 0 Å². The highest BCUT2D eigenvalue weighted by atomic mass is 32.2. The van der Waals surface area contributed by atoms with E-state index in [9.17, 15) is 0 Å². The largest absolute Gasteiger partial charge is 0.274 e. The second-order valence-electron chi connectivity index (χ2n) is 8.67. The number of aromatic nitrogens is 6. The minimum absolute atomic E-state index is 0.552. The Morgan fingerprint density at radius 3 is 1.41 bits per heavy atom. The van der Waals surface area contributed by atoms with E-state index in [0.29, 0.717) is 11.8 Å². The summed E-state index contributed by atoms with van der Waals surface area (Å²) >= 11 is 3.46. The van der Waals surface area contributed by atoms with Crippen molar-refractivity contribution in [3.63, 3.8) is 0 Å². The number of hydrogen-bond donors (Lipinski definition) is 0. The molecule has 0 saturated heterocycles. The van der Waals surface area contributed by atoms with Crippen molar-refractivity contribution in [3.8, 4) is 11.4 Å². The topological polar surface area (TPSA) is 61.4 Å². The third kappa shape index (κ3) is 4.70. The maximum absolute atomic E-state index is 4.52. The van der Waals surface area contributed by atoms with E-state index in [-0.39, 0.29) is 0 Å². The van der Waals surface area contributed by atoms with Crippen LogP contribution < -0.4 is 0 Å². The molecule has 4 aromatic rings. The molecule has 2 heterocycles. The van der Waals surface area contributed by atoms with Gasteiger partial charge in [0, 0.05) is 34.7 Å². The normalized spacial score (nSPS) is 15.9. The number of para-hydroxylation sites is 2. The number of benzene rings is 2. The van der Waals surface area contributed by atoms with Crippen molar-refractivity contribution in [2.75, 3.05) is 11.5 Å². The molecule has 2 saturated carbocycles. The molecule has 0 unspecified atom stereocenters. The van der Waals surface area contributed by atoms with Crippen LogP contribution in [0.3, 0.4) is 0 Å². The predicted molar refractivity (Wildman–Crippen MR) is 137 cm³/mol. The quantitative estimate of drug-likeness (QED) is 0.201. The minimum Gasteiger partial charge on any atom is -0.274 e. The first-order valence-electron chi connectivity index (χ1n) is 11.8. The van der Waals surface area contributed by atoms with Crippen molar-refractivity contribution in [1.82, 2.24) is 29.5 Å². The van der Waals surface area contributed by atoms with E-state index < -0.39 is 0 Å². The van der Waals surface area contributed by atoms with Crippen molar-refractivity contribution in [3.05, 3.63) is 84.5 Å². The summed E-state index contributed by atoms with van der Waals surface area (Å²) in [5.74, 6) is 5.01. The summed E-state index contributed by atoms with van der Waals surface area (Å²) in [4.78, 5) is 0. The van der Waals surface area contributed by atoms with Crippen LogP contribution in [-0.2, 0) is 0 Å². The van der Waals surface area contributed by atoms with E-state index in [1.165, 1.54) is 25.7 Å². The third-order valence-corrected chi connectivity index (χ3v) is 7.78. The summed E-state index contributed by atoms with van der Waals surface area (Å²) in [6.45, 7) is 0. The van der Waals surface area contributed by atoms with Crippen LogP contribution in [0.5, 0.6) is 0 Å². The number of nitrogens with zero attached hydrogens (tertiary/aromatic N) is 6. The lowest BCUT2D eigenvalue weighted by atomic mass is 10.3. The van der Waals surface area contributed by atoms with Crippen LogP contribution in [0, 0.1) is 0 Å². The summed E-state index contributed by atoms with van der Waals surface area (Å²) in [6, 6.07) is 20.9.